The molecule has 0 radical (unpaired) electrons. The fourth-order valence-corrected chi connectivity index (χ4v) is 2.64. The topological polar surface area (TPSA) is 58.2 Å². The van der Waals surface area contributed by atoms with Gasteiger partial charge in [0.2, 0.25) is 0 Å². The van der Waals surface area contributed by atoms with Gasteiger partial charge < -0.3 is 10.6 Å². The van der Waals surface area contributed by atoms with Gasteiger partial charge in [-0.05, 0) is 44.6 Å². The number of hydrogen-bond donors (Lipinski definition) is 2. The van der Waals surface area contributed by atoms with Gasteiger partial charge in [-0.1, -0.05) is 42.0 Å². The molecule has 2 rings (SSSR count). The normalized spacial score (nSPS) is 15.6. The fraction of sp³-hybridized carbons (Fsp3) is 0.444. The number of carbonyl (C=O) groups excluding carboxylic acids is 2. The Morgan fingerprint density at radius 1 is 1.14 bits per heavy atom. The lowest BCUT2D eigenvalue weighted by molar-refractivity contribution is -0.139. The Bertz CT molecular complexity index is 537. The highest BCUT2D eigenvalue weighted by molar-refractivity contribution is 6.35. The van der Waals surface area contributed by atoms with E-state index >= 15 is 0 Å². The molecule has 2 amide bonds. The van der Waals surface area contributed by atoms with Crippen molar-refractivity contribution in [2.45, 2.75) is 45.1 Å². The summed E-state index contributed by atoms with van der Waals surface area (Å²) in [4.78, 5) is 23.7. The molecule has 1 aromatic rings. The van der Waals surface area contributed by atoms with E-state index in [9.17, 15) is 9.59 Å². The summed E-state index contributed by atoms with van der Waals surface area (Å²) in [5.41, 5.74) is 2.38. The van der Waals surface area contributed by atoms with E-state index in [4.69, 9.17) is 0 Å². The van der Waals surface area contributed by atoms with Crippen LogP contribution in [0.25, 0.3) is 0 Å². The average molecular weight is 300 g/mol. The summed E-state index contributed by atoms with van der Waals surface area (Å²) >= 11 is 0. The van der Waals surface area contributed by atoms with E-state index in [1.807, 2.05) is 37.3 Å². The maximum Gasteiger partial charge on any atom is 0.309 e. The van der Waals surface area contributed by atoms with Gasteiger partial charge in [0.1, 0.15) is 0 Å². The van der Waals surface area contributed by atoms with Crippen molar-refractivity contribution in [2.24, 2.45) is 0 Å². The molecular weight excluding hydrogens is 276 g/mol. The van der Waals surface area contributed by atoms with Gasteiger partial charge in [-0.2, -0.15) is 0 Å². The third kappa shape index (κ3) is 5.02. The molecule has 2 N–H and O–H groups in total. The van der Waals surface area contributed by atoms with Crippen LogP contribution in [0.2, 0.25) is 0 Å². The predicted octanol–water partition coefficient (Wildman–Crippen LogP) is 2.87. The highest BCUT2D eigenvalue weighted by atomic mass is 16.2. The molecule has 4 nitrogen and oxygen atoms in total. The van der Waals surface area contributed by atoms with Crippen molar-refractivity contribution < 1.29 is 9.59 Å². The standard InChI is InChI=1S/C18H24N2O2/c1-14(16-10-6-3-7-11-16)20-18(22)17(21)19-13-12-15-8-4-2-5-9-15/h3,6-8,10-11,14H,2,4-5,9,12-13H2,1H3,(H,19,21)(H,20,22)/t14-/m1/s1. The molecule has 0 fully saturated rings. The number of allylic oxidation sites excluding steroid dienone is 1. The van der Waals surface area contributed by atoms with Gasteiger partial charge in [0, 0.05) is 6.54 Å². The number of benzene rings is 1. The molecule has 0 saturated carbocycles. The van der Waals surface area contributed by atoms with Crippen LogP contribution in [0.5, 0.6) is 0 Å². The predicted molar refractivity (Wildman–Crippen MR) is 87.2 cm³/mol. The van der Waals surface area contributed by atoms with Gasteiger partial charge in [-0.3, -0.25) is 9.59 Å². The van der Waals surface area contributed by atoms with Crippen LogP contribution in [0, 0.1) is 0 Å². The van der Waals surface area contributed by atoms with Crippen molar-refractivity contribution in [3.8, 4) is 0 Å². The minimum Gasteiger partial charge on any atom is -0.348 e. The highest BCUT2D eigenvalue weighted by Gasteiger charge is 2.16. The summed E-state index contributed by atoms with van der Waals surface area (Å²) in [6, 6.07) is 9.42. The monoisotopic (exact) mass is 300 g/mol. The van der Waals surface area contributed by atoms with Gasteiger partial charge in [0.25, 0.3) is 0 Å². The van der Waals surface area contributed by atoms with Gasteiger partial charge in [0.15, 0.2) is 0 Å². The van der Waals surface area contributed by atoms with Crippen molar-refractivity contribution in [1.29, 1.82) is 0 Å². The van der Waals surface area contributed by atoms with Crippen molar-refractivity contribution in [2.75, 3.05) is 6.54 Å². The van der Waals surface area contributed by atoms with Crippen LogP contribution in [0.15, 0.2) is 42.0 Å². The Morgan fingerprint density at radius 3 is 2.59 bits per heavy atom. The first-order valence-electron chi connectivity index (χ1n) is 7.98. The van der Waals surface area contributed by atoms with E-state index in [1.165, 1.54) is 18.4 Å². The summed E-state index contributed by atoms with van der Waals surface area (Å²) < 4.78 is 0. The van der Waals surface area contributed by atoms with Crippen molar-refractivity contribution >= 4 is 11.8 Å². The van der Waals surface area contributed by atoms with Gasteiger partial charge in [-0.25, -0.2) is 0 Å². The van der Waals surface area contributed by atoms with Gasteiger partial charge >= 0.3 is 11.8 Å². The van der Waals surface area contributed by atoms with E-state index in [2.05, 4.69) is 16.7 Å². The fourth-order valence-electron chi connectivity index (χ4n) is 2.64. The Morgan fingerprint density at radius 2 is 1.91 bits per heavy atom. The Kier molecular flexibility index (Phi) is 6.19. The van der Waals surface area contributed by atoms with Crippen LogP contribution in [-0.2, 0) is 9.59 Å². The number of rotatable bonds is 5. The minimum atomic E-state index is -0.575. The molecule has 0 unspecified atom stereocenters. The zero-order valence-corrected chi connectivity index (χ0v) is 13.1. The molecule has 1 aliphatic rings. The van der Waals surface area contributed by atoms with Crippen molar-refractivity contribution in [1.82, 2.24) is 10.6 Å². The summed E-state index contributed by atoms with van der Waals surface area (Å²) in [5, 5.41) is 5.41. The van der Waals surface area contributed by atoms with Crippen molar-refractivity contribution in [3.05, 3.63) is 47.5 Å². The zero-order chi connectivity index (χ0) is 15.8. The van der Waals surface area contributed by atoms with Crippen LogP contribution in [0.1, 0.15) is 50.6 Å². The number of hydrogen-bond acceptors (Lipinski definition) is 2. The number of nitrogens with one attached hydrogen (secondary N) is 2. The number of carbonyl (C=O) groups is 2. The molecular formula is C18H24N2O2. The van der Waals surface area contributed by atoms with Crippen LogP contribution in [0.3, 0.4) is 0 Å². The summed E-state index contributed by atoms with van der Waals surface area (Å²) in [5.74, 6) is -1.13. The van der Waals surface area contributed by atoms with E-state index < -0.39 is 11.8 Å². The second kappa shape index (κ2) is 8.37. The molecule has 0 heterocycles. The van der Waals surface area contributed by atoms with Crippen LogP contribution >= 0.6 is 0 Å². The molecule has 0 aliphatic heterocycles. The van der Waals surface area contributed by atoms with Gasteiger partial charge in [0.05, 0.1) is 6.04 Å². The molecule has 118 valence electrons. The maximum atomic E-state index is 11.9. The molecule has 22 heavy (non-hydrogen) atoms. The zero-order valence-electron chi connectivity index (χ0n) is 13.1. The molecule has 0 aromatic heterocycles. The second-order valence-electron chi connectivity index (χ2n) is 5.72. The third-order valence-electron chi connectivity index (χ3n) is 3.97. The molecule has 1 atom stereocenters. The second-order valence-corrected chi connectivity index (χ2v) is 5.72. The van der Waals surface area contributed by atoms with Crippen LogP contribution < -0.4 is 10.6 Å². The van der Waals surface area contributed by atoms with Crippen molar-refractivity contribution in [3.63, 3.8) is 0 Å². The third-order valence-corrected chi connectivity index (χ3v) is 3.97. The SMILES string of the molecule is C[C@@H](NC(=O)C(=O)NCCC1=CCCCC1)c1ccccc1. The van der Waals surface area contributed by atoms with E-state index in [0.717, 1.165) is 24.8 Å². The van der Waals surface area contributed by atoms with E-state index in [-0.39, 0.29) is 6.04 Å². The maximum absolute atomic E-state index is 11.9. The average Bonchev–Trinajstić information content (AvgIpc) is 2.56. The first-order chi connectivity index (χ1) is 10.7. The van der Waals surface area contributed by atoms with Crippen LogP contribution in [0.4, 0.5) is 0 Å². The molecule has 0 bridgehead atoms. The lowest BCUT2D eigenvalue weighted by Gasteiger charge is -2.15. The first kappa shape index (κ1) is 16.3. The van der Waals surface area contributed by atoms with Gasteiger partial charge in [-0.15, -0.1) is 0 Å². The molecule has 1 aliphatic carbocycles. The summed E-state index contributed by atoms with van der Waals surface area (Å²) in [6.45, 7) is 2.39. The highest BCUT2D eigenvalue weighted by Crippen LogP contribution is 2.19. The summed E-state index contributed by atoms with van der Waals surface area (Å²) in [6.07, 6.45) is 7.84. The minimum absolute atomic E-state index is 0.180. The molecule has 1 aromatic carbocycles. The largest absolute Gasteiger partial charge is 0.348 e. The number of amides is 2. The molecule has 0 saturated heterocycles. The molecule has 4 heteroatoms. The Hall–Kier alpha value is -2.10. The van der Waals surface area contributed by atoms with Crippen LogP contribution in [-0.4, -0.2) is 18.4 Å². The Balaban J connectivity index is 1.72. The Labute approximate surface area is 132 Å². The first-order valence-corrected chi connectivity index (χ1v) is 7.98. The smallest absolute Gasteiger partial charge is 0.309 e. The van der Waals surface area contributed by atoms with E-state index in [0.29, 0.717) is 6.54 Å². The quantitative estimate of drug-likeness (QED) is 0.649. The lowest BCUT2D eigenvalue weighted by Crippen LogP contribution is -2.41. The molecule has 0 spiro atoms. The van der Waals surface area contributed by atoms with E-state index in [1.54, 1.807) is 0 Å². The lowest BCUT2D eigenvalue weighted by atomic mass is 9.97. The summed E-state index contributed by atoms with van der Waals surface area (Å²) in [7, 11) is 0.